The molecule has 0 bridgehead atoms. The maximum absolute atomic E-state index is 14.0. The molecule has 23 heavy (non-hydrogen) atoms. The maximum Gasteiger partial charge on any atom is 0.222 e. The summed E-state index contributed by atoms with van der Waals surface area (Å²) in [6.07, 6.45) is 6.48. The van der Waals surface area contributed by atoms with Crippen molar-refractivity contribution >= 4 is 11.6 Å². The third-order valence-corrected chi connectivity index (χ3v) is 5.07. The topological polar surface area (TPSA) is 45.7 Å². The van der Waals surface area contributed by atoms with Crippen LogP contribution in [0.5, 0.6) is 0 Å². The number of pyridine rings is 1. The lowest BCUT2D eigenvalue weighted by Crippen LogP contribution is -2.54. The number of carbonyl (C=O) groups excluding carboxylic acids is 1. The Balaban J connectivity index is 1.74. The third-order valence-electron chi connectivity index (χ3n) is 5.07. The summed E-state index contributed by atoms with van der Waals surface area (Å²) in [6.45, 7) is 3.60. The Morgan fingerprint density at radius 2 is 2.26 bits per heavy atom. The normalized spacial score (nSPS) is 25.2. The minimum Gasteiger partial charge on any atom is -0.383 e. The van der Waals surface area contributed by atoms with E-state index >= 15 is 0 Å². The number of nitrogens with zero attached hydrogens (tertiary/aromatic N) is 3. The van der Waals surface area contributed by atoms with Gasteiger partial charge in [-0.25, -0.2) is 4.39 Å². The van der Waals surface area contributed by atoms with Gasteiger partial charge in [-0.1, -0.05) is 0 Å². The highest BCUT2D eigenvalue weighted by Gasteiger charge is 2.41. The van der Waals surface area contributed by atoms with Crippen molar-refractivity contribution in [2.24, 2.45) is 5.41 Å². The number of aromatic nitrogens is 1. The largest absolute Gasteiger partial charge is 0.383 e. The predicted molar refractivity (Wildman–Crippen MR) is 85.8 cm³/mol. The lowest BCUT2D eigenvalue weighted by molar-refractivity contribution is -0.138. The molecule has 2 fully saturated rings. The van der Waals surface area contributed by atoms with Gasteiger partial charge in [0, 0.05) is 51.3 Å². The van der Waals surface area contributed by atoms with Crippen molar-refractivity contribution < 1.29 is 13.9 Å². The number of methoxy groups -OCH3 is 1. The Kier molecular flexibility index (Phi) is 4.80. The zero-order valence-electron chi connectivity index (χ0n) is 13.6. The summed E-state index contributed by atoms with van der Waals surface area (Å²) in [6, 6.07) is 1.74. The Morgan fingerprint density at radius 1 is 1.39 bits per heavy atom. The molecule has 0 radical (unpaired) electrons. The molecule has 0 aliphatic carbocycles. The number of halogens is 1. The molecule has 0 N–H and O–H groups in total. The molecule has 3 heterocycles. The van der Waals surface area contributed by atoms with Gasteiger partial charge in [-0.2, -0.15) is 0 Å². The Bertz CT molecular complexity index is 569. The molecule has 1 spiro atoms. The van der Waals surface area contributed by atoms with Gasteiger partial charge >= 0.3 is 0 Å². The number of carbonyl (C=O) groups is 1. The fourth-order valence-corrected chi connectivity index (χ4v) is 3.88. The molecule has 1 atom stereocenters. The molecule has 3 rings (SSSR count). The van der Waals surface area contributed by atoms with E-state index in [4.69, 9.17) is 4.74 Å². The van der Waals surface area contributed by atoms with Crippen LogP contribution in [0.2, 0.25) is 0 Å². The number of hydrogen-bond acceptors (Lipinski definition) is 4. The van der Waals surface area contributed by atoms with Crippen LogP contribution in [-0.2, 0) is 9.53 Å². The summed E-state index contributed by atoms with van der Waals surface area (Å²) in [5.41, 5.74) is 0.690. The number of hydrogen-bond donors (Lipinski definition) is 0. The molecule has 0 aromatic carbocycles. The zero-order chi connectivity index (χ0) is 16.3. The zero-order valence-corrected chi connectivity index (χ0v) is 13.6. The summed E-state index contributed by atoms with van der Waals surface area (Å²) in [5.74, 6) is -0.0624. The summed E-state index contributed by atoms with van der Waals surface area (Å²) in [5, 5.41) is 0. The fourth-order valence-electron chi connectivity index (χ4n) is 3.88. The van der Waals surface area contributed by atoms with Crippen molar-refractivity contribution in [3.8, 4) is 0 Å². The number of anilines is 1. The van der Waals surface area contributed by atoms with Gasteiger partial charge in [0.15, 0.2) is 5.82 Å². The number of likely N-dealkylation sites (tertiary alicyclic amines) is 1. The smallest absolute Gasteiger partial charge is 0.222 e. The van der Waals surface area contributed by atoms with Crippen LogP contribution in [-0.4, -0.2) is 55.7 Å². The highest BCUT2D eigenvalue weighted by atomic mass is 19.1. The Labute approximate surface area is 136 Å². The van der Waals surface area contributed by atoms with E-state index in [0.717, 1.165) is 38.9 Å². The van der Waals surface area contributed by atoms with Crippen LogP contribution in [0.3, 0.4) is 0 Å². The van der Waals surface area contributed by atoms with Crippen molar-refractivity contribution in [1.82, 2.24) is 9.88 Å². The van der Waals surface area contributed by atoms with Crippen LogP contribution >= 0.6 is 0 Å². The van der Waals surface area contributed by atoms with Crippen molar-refractivity contribution in [2.75, 3.05) is 44.8 Å². The molecule has 1 aromatic heterocycles. The minimum atomic E-state index is -0.271. The molecule has 5 nitrogen and oxygen atoms in total. The summed E-state index contributed by atoms with van der Waals surface area (Å²) in [7, 11) is 1.65. The number of amides is 1. The van der Waals surface area contributed by atoms with Gasteiger partial charge in [0.1, 0.15) is 0 Å². The lowest BCUT2D eigenvalue weighted by atomic mass is 9.73. The van der Waals surface area contributed by atoms with E-state index in [-0.39, 0.29) is 17.1 Å². The first-order chi connectivity index (χ1) is 11.1. The monoisotopic (exact) mass is 321 g/mol. The Hall–Kier alpha value is -1.69. The van der Waals surface area contributed by atoms with Gasteiger partial charge in [0.25, 0.3) is 0 Å². The molecule has 1 aromatic rings. The van der Waals surface area contributed by atoms with Crippen LogP contribution in [0, 0.1) is 11.2 Å². The van der Waals surface area contributed by atoms with Crippen molar-refractivity contribution in [2.45, 2.75) is 25.7 Å². The second-order valence-electron chi connectivity index (χ2n) is 6.66. The highest BCUT2D eigenvalue weighted by Crippen LogP contribution is 2.40. The summed E-state index contributed by atoms with van der Waals surface area (Å²) in [4.78, 5) is 20.0. The average molecular weight is 321 g/mol. The van der Waals surface area contributed by atoms with E-state index < -0.39 is 0 Å². The van der Waals surface area contributed by atoms with Crippen LogP contribution in [0.4, 0.5) is 10.1 Å². The second-order valence-corrected chi connectivity index (χ2v) is 6.66. The van der Waals surface area contributed by atoms with Gasteiger partial charge in [0.2, 0.25) is 5.91 Å². The predicted octanol–water partition coefficient (Wildman–Crippen LogP) is 2.08. The first-order valence-corrected chi connectivity index (χ1v) is 8.25. The van der Waals surface area contributed by atoms with Crippen molar-refractivity contribution in [1.29, 1.82) is 0 Å². The quantitative estimate of drug-likeness (QED) is 0.852. The maximum atomic E-state index is 14.0. The van der Waals surface area contributed by atoms with Crippen LogP contribution in [0.25, 0.3) is 0 Å². The first kappa shape index (κ1) is 16.2. The minimum absolute atomic E-state index is 0.0651. The SMILES string of the molecule is COCCN1CC2(CCCN(c3ccncc3F)C2)CCC1=O. The van der Waals surface area contributed by atoms with E-state index in [1.54, 1.807) is 19.4 Å². The summed E-state index contributed by atoms with van der Waals surface area (Å²) >= 11 is 0. The molecule has 2 aliphatic heterocycles. The third kappa shape index (κ3) is 3.47. The first-order valence-electron chi connectivity index (χ1n) is 8.25. The molecule has 0 saturated carbocycles. The van der Waals surface area contributed by atoms with E-state index in [0.29, 0.717) is 25.3 Å². The molecular weight excluding hydrogens is 297 g/mol. The molecule has 2 saturated heterocycles. The standard InChI is InChI=1S/C17H24FN3O2/c1-23-10-9-21-13-17(6-3-16(21)22)5-2-8-20(12-17)15-4-7-19-11-14(15)18/h4,7,11H,2-3,5-6,8-10,12-13H2,1H3. The van der Waals surface area contributed by atoms with E-state index in [9.17, 15) is 9.18 Å². The summed E-state index contributed by atoms with van der Waals surface area (Å²) < 4.78 is 19.2. The number of rotatable bonds is 4. The number of piperidine rings is 2. The van der Waals surface area contributed by atoms with Crippen molar-refractivity contribution in [3.05, 3.63) is 24.3 Å². The molecule has 1 amide bonds. The van der Waals surface area contributed by atoms with Gasteiger partial charge < -0.3 is 14.5 Å². The molecule has 126 valence electrons. The molecule has 2 aliphatic rings. The van der Waals surface area contributed by atoms with Gasteiger partial charge in [0.05, 0.1) is 18.5 Å². The van der Waals surface area contributed by atoms with Gasteiger partial charge in [-0.05, 0) is 25.3 Å². The molecule has 1 unspecified atom stereocenters. The Morgan fingerprint density at radius 3 is 3.04 bits per heavy atom. The van der Waals surface area contributed by atoms with Gasteiger partial charge in [-0.3, -0.25) is 9.78 Å². The van der Waals surface area contributed by atoms with E-state index in [1.807, 2.05) is 4.90 Å². The average Bonchev–Trinajstić information content (AvgIpc) is 2.56. The van der Waals surface area contributed by atoms with E-state index in [1.165, 1.54) is 6.20 Å². The van der Waals surface area contributed by atoms with E-state index in [2.05, 4.69) is 9.88 Å². The van der Waals surface area contributed by atoms with Crippen LogP contribution < -0.4 is 4.90 Å². The van der Waals surface area contributed by atoms with Gasteiger partial charge in [-0.15, -0.1) is 0 Å². The number of ether oxygens (including phenoxy) is 1. The molecular formula is C17H24FN3O2. The lowest BCUT2D eigenvalue weighted by Gasteiger charge is -2.48. The molecule has 6 heteroatoms. The second kappa shape index (κ2) is 6.83. The highest BCUT2D eigenvalue weighted by molar-refractivity contribution is 5.77. The van der Waals surface area contributed by atoms with Crippen LogP contribution in [0.15, 0.2) is 18.5 Å². The van der Waals surface area contributed by atoms with Crippen LogP contribution in [0.1, 0.15) is 25.7 Å². The fraction of sp³-hybridized carbons (Fsp3) is 0.647. The van der Waals surface area contributed by atoms with Crippen molar-refractivity contribution in [3.63, 3.8) is 0 Å².